The number of nitrogens with one attached hydrogen (secondary N) is 1. The fraction of sp³-hybridized carbons (Fsp3) is 0.308. The van der Waals surface area contributed by atoms with Crippen molar-refractivity contribution < 1.29 is 0 Å². The Bertz CT molecular complexity index is 566. The second-order valence-electron chi connectivity index (χ2n) is 4.38. The zero-order valence-electron chi connectivity index (χ0n) is 9.62. The number of amidine groups is 1. The number of hydrogen-bond acceptors (Lipinski definition) is 2. The minimum atomic E-state index is 0.913. The maximum Gasteiger partial charge on any atom is 0.130 e. The average molecular weight is 213 g/mol. The van der Waals surface area contributed by atoms with Gasteiger partial charge in [-0.25, -0.2) is 0 Å². The van der Waals surface area contributed by atoms with Crippen molar-refractivity contribution in [3.63, 3.8) is 0 Å². The highest BCUT2D eigenvalue weighted by Crippen LogP contribution is 2.19. The number of H-pyrrole nitrogens is 1. The molecule has 82 valence electrons. The molecule has 0 aliphatic carbocycles. The smallest absolute Gasteiger partial charge is 0.130 e. The molecule has 3 nitrogen and oxygen atoms in total. The fourth-order valence-electron chi connectivity index (χ4n) is 2.26. The summed E-state index contributed by atoms with van der Waals surface area (Å²) >= 11 is 0. The third kappa shape index (κ3) is 1.40. The van der Waals surface area contributed by atoms with Crippen LogP contribution in [-0.2, 0) is 0 Å². The summed E-state index contributed by atoms with van der Waals surface area (Å²) in [4.78, 5) is 10.1. The molecule has 0 bridgehead atoms. The Morgan fingerprint density at radius 3 is 2.94 bits per heavy atom. The minimum Gasteiger partial charge on any atom is -0.359 e. The molecule has 0 amide bonds. The first-order valence-corrected chi connectivity index (χ1v) is 5.59. The number of hydrogen-bond donors (Lipinski definition) is 1. The van der Waals surface area contributed by atoms with Gasteiger partial charge in [0.25, 0.3) is 0 Å². The van der Waals surface area contributed by atoms with Crippen LogP contribution < -0.4 is 0 Å². The lowest BCUT2D eigenvalue weighted by atomic mass is 10.1. The molecule has 3 rings (SSSR count). The molecule has 3 heteroatoms. The van der Waals surface area contributed by atoms with Crippen molar-refractivity contribution in [3.8, 4) is 0 Å². The van der Waals surface area contributed by atoms with Gasteiger partial charge in [-0.15, -0.1) is 0 Å². The van der Waals surface area contributed by atoms with Crippen LogP contribution in [0.4, 0.5) is 0 Å². The van der Waals surface area contributed by atoms with Gasteiger partial charge in [-0.2, -0.15) is 0 Å². The lowest BCUT2D eigenvalue weighted by Crippen LogP contribution is -2.23. The van der Waals surface area contributed by atoms with Crippen LogP contribution in [0.3, 0.4) is 0 Å². The zero-order chi connectivity index (χ0) is 11.1. The lowest BCUT2D eigenvalue weighted by molar-refractivity contribution is 0.557. The quantitative estimate of drug-likeness (QED) is 0.773. The highest BCUT2D eigenvalue weighted by molar-refractivity contribution is 6.02. The Kier molecular flexibility index (Phi) is 1.99. The van der Waals surface area contributed by atoms with Gasteiger partial charge in [0, 0.05) is 35.8 Å². The Labute approximate surface area is 94.8 Å². The highest BCUT2D eigenvalue weighted by Gasteiger charge is 2.14. The van der Waals surface area contributed by atoms with Crippen molar-refractivity contribution >= 4 is 16.7 Å². The van der Waals surface area contributed by atoms with Crippen LogP contribution >= 0.6 is 0 Å². The summed E-state index contributed by atoms with van der Waals surface area (Å²) in [6.45, 7) is 4.02. The minimum absolute atomic E-state index is 0.913. The Hall–Kier alpha value is -1.77. The number of aromatic amines is 1. The van der Waals surface area contributed by atoms with Gasteiger partial charge in [0.2, 0.25) is 0 Å². The van der Waals surface area contributed by atoms with Crippen molar-refractivity contribution in [2.45, 2.75) is 6.92 Å². The maximum absolute atomic E-state index is 4.53. The van der Waals surface area contributed by atoms with Gasteiger partial charge in [-0.1, -0.05) is 0 Å². The van der Waals surface area contributed by atoms with E-state index in [-0.39, 0.29) is 0 Å². The van der Waals surface area contributed by atoms with E-state index < -0.39 is 0 Å². The van der Waals surface area contributed by atoms with Crippen LogP contribution in [0.25, 0.3) is 10.9 Å². The fourth-order valence-corrected chi connectivity index (χ4v) is 2.26. The summed E-state index contributed by atoms with van der Waals surface area (Å²) in [6.07, 6.45) is 0. The molecular weight excluding hydrogens is 198 g/mol. The summed E-state index contributed by atoms with van der Waals surface area (Å²) in [5.41, 5.74) is 3.61. The largest absolute Gasteiger partial charge is 0.359 e. The van der Waals surface area contributed by atoms with Crippen molar-refractivity contribution in [3.05, 3.63) is 35.5 Å². The molecular formula is C13H15N3. The number of likely N-dealkylation sites (N-methyl/N-ethyl adjacent to an activating group) is 1. The van der Waals surface area contributed by atoms with E-state index in [2.05, 4.69) is 53.1 Å². The van der Waals surface area contributed by atoms with Crippen molar-refractivity contribution in [2.24, 2.45) is 4.99 Å². The highest BCUT2D eigenvalue weighted by atomic mass is 15.2. The van der Waals surface area contributed by atoms with Gasteiger partial charge in [0.15, 0.2) is 0 Å². The molecule has 0 spiro atoms. The van der Waals surface area contributed by atoms with Crippen LogP contribution in [-0.4, -0.2) is 35.9 Å². The molecule has 0 saturated carbocycles. The van der Waals surface area contributed by atoms with Gasteiger partial charge >= 0.3 is 0 Å². The average Bonchev–Trinajstić information content (AvgIpc) is 2.81. The second kappa shape index (κ2) is 3.37. The van der Waals surface area contributed by atoms with Gasteiger partial charge in [0.05, 0.1) is 6.54 Å². The van der Waals surface area contributed by atoms with Gasteiger partial charge < -0.3 is 9.88 Å². The number of nitrogens with zero attached hydrogens (tertiary/aromatic N) is 2. The molecule has 16 heavy (non-hydrogen) atoms. The third-order valence-corrected chi connectivity index (χ3v) is 3.07. The molecule has 1 aromatic carbocycles. The van der Waals surface area contributed by atoms with Crippen molar-refractivity contribution in [1.29, 1.82) is 0 Å². The molecule has 0 unspecified atom stereocenters. The Balaban J connectivity index is 2.11. The van der Waals surface area contributed by atoms with Gasteiger partial charge in [0.1, 0.15) is 5.84 Å². The summed E-state index contributed by atoms with van der Waals surface area (Å²) in [7, 11) is 2.10. The second-order valence-corrected chi connectivity index (χ2v) is 4.38. The number of benzene rings is 1. The summed E-state index contributed by atoms with van der Waals surface area (Å²) in [6, 6.07) is 8.65. The molecule has 0 radical (unpaired) electrons. The van der Waals surface area contributed by atoms with Gasteiger partial charge in [-0.3, -0.25) is 4.99 Å². The Morgan fingerprint density at radius 1 is 1.31 bits per heavy atom. The molecule has 2 aromatic rings. The van der Waals surface area contributed by atoms with E-state index >= 15 is 0 Å². The van der Waals surface area contributed by atoms with Crippen LogP contribution in [0.1, 0.15) is 11.3 Å². The van der Waals surface area contributed by atoms with E-state index in [0.29, 0.717) is 0 Å². The Morgan fingerprint density at radius 2 is 2.19 bits per heavy atom. The zero-order valence-corrected chi connectivity index (χ0v) is 9.62. The molecule has 1 aromatic heterocycles. The van der Waals surface area contributed by atoms with Crippen molar-refractivity contribution in [1.82, 2.24) is 9.88 Å². The summed E-state index contributed by atoms with van der Waals surface area (Å²) in [5.74, 6) is 1.11. The van der Waals surface area contributed by atoms with Gasteiger partial charge in [-0.05, 0) is 31.2 Å². The van der Waals surface area contributed by atoms with Crippen molar-refractivity contribution in [2.75, 3.05) is 20.1 Å². The third-order valence-electron chi connectivity index (χ3n) is 3.07. The predicted molar refractivity (Wildman–Crippen MR) is 67.1 cm³/mol. The van der Waals surface area contributed by atoms with Crippen LogP contribution in [0, 0.1) is 6.92 Å². The normalized spacial score (nSPS) is 15.9. The van der Waals surface area contributed by atoms with Crippen LogP contribution in [0.15, 0.2) is 29.3 Å². The van der Waals surface area contributed by atoms with Crippen LogP contribution in [0.5, 0.6) is 0 Å². The number of fused-ring (bicyclic) bond motifs is 1. The van der Waals surface area contributed by atoms with Crippen LogP contribution in [0.2, 0.25) is 0 Å². The first-order chi connectivity index (χ1) is 7.74. The van der Waals surface area contributed by atoms with E-state index in [1.54, 1.807) is 0 Å². The molecule has 1 N–H and O–H groups in total. The number of rotatable bonds is 1. The molecule has 1 aliphatic heterocycles. The lowest BCUT2D eigenvalue weighted by Gasteiger charge is -2.13. The first kappa shape index (κ1) is 9.46. The van der Waals surface area contributed by atoms with E-state index in [0.717, 1.165) is 18.9 Å². The predicted octanol–water partition coefficient (Wildman–Crippen LogP) is 2.17. The standard InChI is InChI=1S/C13H15N3/c1-9-7-11-8-10(3-4-12(11)15-9)13-14-5-6-16(13)2/h3-4,7-8,15H,5-6H2,1-2H3. The SMILES string of the molecule is Cc1cc2cc(C3=NCCN3C)ccc2[nH]1. The number of aliphatic imine (C=N–C) groups is 1. The van der Waals surface area contributed by atoms with E-state index in [4.69, 9.17) is 0 Å². The maximum atomic E-state index is 4.53. The number of aryl methyl sites for hydroxylation is 1. The van der Waals surface area contributed by atoms with E-state index in [1.165, 1.54) is 22.2 Å². The topological polar surface area (TPSA) is 31.4 Å². The molecule has 0 fully saturated rings. The first-order valence-electron chi connectivity index (χ1n) is 5.59. The monoisotopic (exact) mass is 213 g/mol. The molecule has 0 atom stereocenters. The number of aromatic nitrogens is 1. The van der Waals surface area contributed by atoms with E-state index in [1.807, 2.05) is 0 Å². The molecule has 0 saturated heterocycles. The molecule has 1 aliphatic rings. The summed E-state index contributed by atoms with van der Waals surface area (Å²) < 4.78 is 0. The van der Waals surface area contributed by atoms with E-state index in [9.17, 15) is 0 Å². The molecule has 2 heterocycles. The summed E-state index contributed by atoms with van der Waals surface area (Å²) in [5, 5.41) is 1.26.